The number of likely N-dealkylation sites (N-methyl/N-ethyl adjacent to an activating group) is 1. The number of benzene rings is 1. The van der Waals surface area contributed by atoms with Gasteiger partial charge in [0.1, 0.15) is 0 Å². The third-order valence-corrected chi connectivity index (χ3v) is 4.07. The van der Waals surface area contributed by atoms with Gasteiger partial charge in [0.15, 0.2) is 0 Å². The number of hydrogen-bond acceptors (Lipinski definition) is 2. The number of nitrogens with two attached hydrogens (primary N) is 1. The van der Waals surface area contributed by atoms with Gasteiger partial charge in [-0.1, -0.05) is 37.6 Å². The molecule has 0 radical (unpaired) electrons. The summed E-state index contributed by atoms with van der Waals surface area (Å²) in [6.45, 7) is 8.15. The van der Waals surface area contributed by atoms with E-state index < -0.39 is 0 Å². The number of rotatable bonds is 5. The van der Waals surface area contributed by atoms with Crippen molar-refractivity contribution in [1.29, 1.82) is 0 Å². The second-order valence-electron chi connectivity index (χ2n) is 5.20. The third-order valence-electron chi connectivity index (χ3n) is 3.84. The summed E-state index contributed by atoms with van der Waals surface area (Å²) in [5.74, 6) is 0.511. The largest absolute Gasteiger partial charge is 0.329 e. The van der Waals surface area contributed by atoms with Crippen molar-refractivity contribution >= 4 is 11.6 Å². The summed E-state index contributed by atoms with van der Waals surface area (Å²) in [5, 5.41) is 0.787. The zero-order valence-corrected chi connectivity index (χ0v) is 12.0. The molecular weight excluding hydrogens is 232 g/mol. The first-order valence-electron chi connectivity index (χ1n) is 6.06. The molecule has 0 saturated heterocycles. The van der Waals surface area contributed by atoms with E-state index >= 15 is 0 Å². The first-order chi connectivity index (χ1) is 7.90. The van der Waals surface area contributed by atoms with E-state index in [2.05, 4.69) is 38.8 Å². The van der Waals surface area contributed by atoms with Gasteiger partial charge in [-0.15, -0.1) is 0 Å². The van der Waals surface area contributed by atoms with Crippen LogP contribution in [0, 0.1) is 5.92 Å². The summed E-state index contributed by atoms with van der Waals surface area (Å²) >= 11 is 6.00. The van der Waals surface area contributed by atoms with Crippen molar-refractivity contribution in [3.63, 3.8) is 0 Å². The molecule has 1 aromatic rings. The molecule has 1 unspecified atom stereocenters. The van der Waals surface area contributed by atoms with Gasteiger partial charge in [-0.25, -0.2) is 0 Å². The SMILES string of the molecule is CC(C)C(C)(CN)N(C)Cc1cccc(Cl)c1. The molecule has 96 valence electrons. The van der Waals surface area contributed by atoms with E-state index in [1.807, 2.05) is 18.2 Å². The van der Waals surface area contributed by atoms with Gasteiger partial charge in [0, 0.05) is 23.7 Å². The Hall–Kier alpha value is -0.570. The summed E-state index contributed by atoms with van der Waals surface area (Å²) in [5.41, 5.74) is 7.16. The predicted octanol–water partition coefficient (Wildman–Crippen LogP) is 3.15. The van der Waals surface area contributed by atoms with Crippen LogP contribution in [0.3, 0.4) is 0 Å². The van der Waals surface area contributed by atoms with Crippen molar-refractivity contribution in [2.24, 2.45) is 11.7 Å². The summed E-state index contributed by atoms with van der Waals surface area (Å²) in [6, 6.07) is 7.99. The Morgan fingerprint density at radius 3 is 2.53 bits per heavy atom. The van der Waals surface area contributed by atoms with Crippen LogP contribution in [0.5, 0.6) is 0 Å². The van der Waals surface area contributed by atoms with Gasteiger partial charge in [0.25, 0.3) is 0 Å². The monoisotopic (exact) mass is 254 g/mol. The average molecular weight is 255 g/mol. The fourth-order valence-corrected chi connectivity index (χ4v) is 2.13. The maximum atomic E-state index is 6.00. The summed E-state index contributed by atoms with van der Waals surface area (Å²) in [6.07, 6.45) is 0. The Bertz CT molecular complexity index is 365. The molecule has 0 aliphatic heterocycles. The van der Waals surface area contributed by atoms with Crippen LogP contribution in [0.15, 0.2) is 24.3 Å². The molecule has 2 N–H and O–H groups in total. The molecule has 0 amide bonds. The van der Waals surface area contributed by atoms with Crippen LogP contribution < -0.4 is 5.73 Å². The average Bonchev–Trinajstić information content (AvgIpc) is 2.27. The van der Waals surface area contributed by atoms with Crippen LogP contribution in [0.4, 0.5) is 0 Å². The molecule has 0 bridgehead atoms. The maximum absolute atomic E-state index is 6.00. The zero-order valence-electron chi connectivity index (χ0n) is 11.2. The predicted molar refractivity (Wildman–Crippen MR) is 75.2 cm³/mol. The molecule has 3 heteroatoms. The van der Waals surface area contributed by atoms with Crippen molar-refractivity contribution in [3.8, 4) is 0 Å². The summed E-state index contributed by atoms with van der Waals surface area (Å²) in [7, 11) is 2.12. The van der Waals surface area contributed by atoms with Crippen molar-refractivity contribution in [2.45, 2.75) is 32.9 Å². The van der Waals surface area contributed by atoms with Crippen LogP contribution >= 0.6 is 11.6 Å². The Labute approximate surface area is 110 Å². The molecule has 0 saturated carbocycles. The van der Waals surface area contributed by atoms with E-state index in [4.69, 9.17) is 17.3 Å². The van der Waals surface area contributed by atoms with Crippen LogP contribution in [-0.4, -0.2) is 24.0 Å². The Morgan fingerprint density at radius 2 is 2.06 bits per heavy atom. The lowest BCUT2D eigenvalue weighted by Crippen LogP contribution is -2.53. The fourth-order valence-electron chi connectivity index (χ4n) is 1.92. The maximum Gasteiger partial charge on any atom is 0.0409 e. The topological polar surface area (TPSA) is 29.3 Å². The fraction of sp³-hybridized carbons (Fsp3) is 0.571. The Kier molecular flexibility index (Phi) is 4.99. The molecule has 0 heterocycles. The highest BCUT2D eigenvalue weighted by Gasteiger charge is 2.31. The molecule has 1 aromatic carbocycles. The van der Waals surface area contributed by atoms with Crippen LogP contribution in [-0.2, 0) is 6.54 Å². The van der Waals surface area contributed by atoms with E-state index in [9.17, 15) is 0 Å². The van der Waals surface area contributed by atoms with E-state index in [0.717, 1.165) is 11.6 Å². The van der Waals surface area contributed by atoms with E-state index in [1.54, 1.807) is 0 Å². The standard InChI is InChI=1S/C14H23ClN2/c1-11(2)14(3,10-16)17(4)9-12-6-5-7-13(15)8-12/h5-8,11H,9-10,16H2,1-4H3. The molecular formula is C14H23ClN2. The Balaban J connectivity index is 2.81. The number of hydrogen-bond donors (Lipinski definition) is 1. The Morgan fingerprint density at radius 1 is 1.41 bits per heavy atom. The third kappa shape index (κ3) is 3.44. The minimum absolute atomic E-state index is 0.0162. The highest BCUT2D eigenvalue weighted by atomic mass is 35.5. The van der Waals surface area contributed by atoms with Gasteiger partial charge < -0.3 is 5.73 Å². The number of halogens is 1. The first kappa shape index (κ1) is 14.5. The molecule has 0 fully saturated rings. The van der Waals surface area contributed by atoms with E-state index in [1.165, 1.54) is 5.56 Å². The summed E-state index contributed by atoms with van der Waals surface area (Å²) < 4.78 is 0. The first-order valence-corrected chi connectivity index (χ1v) is 6.43. The van der Waals surface area contributed by atoms with Crippen LogP contribution in [0.25, 0.3) is 0 Å². The molecule has 1 rings (SSSR count). The second-order valence-corrected chi connectivity index (χ2v) is 5.64. The molecule has 17 heavy (non-hydrogen) atoms. The van der Waals surface area contributed by atoms with Crippen molar-refractivity contribution < 1.29 is 0 Å². The van der Waals surface area contributed by atoms with Crippen LogP contribution in [0.1, 0.15) is 26.3 Å². The summed E-state index contributed by atoms with van der Waals surface area (Å²) in [4.78, 5) is 2.31. The minimum atomic E-state index is 0.0162. The smallest absolute Gasteiger partial charge is 0.0409 e. The van der Waals surface area contributed by atoms with Gasteiger partial charge in [-0.05, 0) is 37.6 Å². The second kappa shape index (κ2) is 5.85. The highest BCUT2D eigenvalue weighted by Crippen LogP contribution is 2.24. The van der Waals surface area contributed by atoms with E-state index in [0.29, 0.717) is 12.5 Å². The van der Waals surface area contributed by atoms with Gasteiger partial charge in [0.2, 0.25) is 0 Å². The lowest BCUT2D eigenvalue weighted by atomic mass is 9.86. The zero-order chi connectivity index (χ0) is 13.1. The highest BCUT2D eigenvalue weighted by molar-refractivity contribution is 6.30. The van der Waals surface area contributed by atoms with Gasteiger partial charge in [-0.2, -0.15) is 0 Å². The van der Waals surface area contributed by atoms with E-state index in [-0.39, 0.29) is 5.54 Å². The quantitative estimate of drug-likeness (QED) is 0.875. The van der Waals surface area contributed by atoms with Gasteiger partial charge in [0.05, 0.1) is 0 Å². The normalized spacial score (nSPS) is 15.3. The van der Waals surface area contributed by atoms with Crippen molar-refractivity contribution in [1.82, 2.24) is 4.90 Å². The molecule has 0 aromatic heterocycles. The molecule has 1 atom stereocenters. The van der Waals surface area contributed by atoms with Crippen molar-refractivity contribution in [2.75, 3.05) is 13.6 Å². The molecule has 0 aliphatic rings. The van der Waals surface area contributed by atoms with Crippen molar-refractivity contribution in [3.05, 3.63) is 34.9 Å². The molecule has 2 nitrogen and oxygen atoms in total. The minimum Gasteiger partial charge on any atom is -0.329 e. The van der Waals surface area contributed by atoms with Gasteiger partial charge in [-0.3, -0.25) is 4.90 Å². The lowest BCUT2D eigenvalue weighted by Gasteiger charge is -2.41. The number of nitrogens with zero attached hydrogens (tertiary/aromatic N) is 1. The molecule has 0 aliphatic carbocycles. The lowest BCUT2D eigenvalue weighted by molar-refractivity contribution is 0.0878. The molecule has 0 spiro atoms. The van der Waals surface area contributed by atoms with Crippen LogP contribution in [0.2, 0.25) is 5.02 Å². The van der Waals surface area contributed by atoms with Gasteiger partial charge >= 0.3 is 0 Å².